The van der Waals surface area contributed by atoms with Crippen LogP contribution in [0.1, 0.15) is 29.2 Å². The molecule has 3 aromatic rings. The molecule has 6 heteroatoms. The van der Waals surface area contributed by atoms with Gasteiger partial charge in [0.15, 0.2) is 0 Å². The molecule has 28 heavy (non-hydrogen) atoms. The van der Waals surface area contributed by atoms with Crippen molar-refractivity contribution in [3.63, 3.8) is 0 Å². The maximum atomic E-state index is 14.2. The smallest absolute Gasteiger partial charge is 0.206 e. The molecule has 0 spiro atoms. The van der Waals surface area contributed by atoms with Gasteiger partial charge in [0.25, 0.3) is 0 Å². The van der Waals surface area contributed by atoms with Gasteiger partial charge in [0, 0.05) is 26.2 Å². The zero-order chi connectivity index (χ0) is 19.8. The number of aryl methyl sites for hydroxylation is 3. The summed E-state index contributed by atoms with van der Waals surface area (Å²) in [5, 5.41) is 3.59. The molecule has 0 aliphatic carbocycles. The molecule has 4 nitrogen and oxygen atoms in total. The number of nitrogens with one attached hydrogen (secondary N) is 1. The molecule has 0 radical (unpaired) electrons. The Hall–Kier alpha value is -2.11. The van der Waals surface area contributed by atoms with Gasteiger partial charge in [-0.15, -0.1) is 0 Å². The topological polar surface area (TPSA) is 33.1 Å². The van der Waals surface area contributed by atoms with Gasteiger partial charge in [-0.3, -0.25) is 0 Å². The van der Waals surface area contributed by atoms with Crippen molar-refractivity contribution in [2.75, 3.05) is 31.1 Å². The summed E-state index contributed by atoms with van der Waals surface area (Å²) in [5.74, 6) is 0.664. The Kier molecular flexibility index (Phi) is 5.30. The van der Waals surface area contributed by atoms with Crippen molar-refractivity contribution >= 4 is 28.6 Å². The number of nitrogens with zero attached hydrogens (tertiary/aromatic N) is 3. The summed E-state index contributed by atoms with van der Waals surface area (Å²) >= 11 is 6.17. The number of piperazine rings is 1. The van der Waals surface area contributed by atoms with Gasteiger partial charge in [0.2, 0.25) is 5.95 Å². The fraction of sp³-hybridized carbons (Fsp3) is 0.409. The Balaban J connectivity index is 1.84. The van der Waals surface area contributed by atoms with Gasteiger partial charge in [0.1, 0.15) is 5.82 Å². The highest BCUT2D eigenvalue weighted by atomic mass is 35.5. The molecule has 0 atom stereocenters. The first-order chi connectivity index (χ1) is 13.5. The summed E-state index contributed by atoms with van der Waals surface area (Å²) in [6.07, 6.45) is 0.618. The largest absolute Gasteiger partial charge is 0.340 e. The van der Waals surface area contributed by atoms with E-state index in [1.54, 1.807) is 6.07 Å². The van der Waals surface area contributed by atoms with E-state index in [1.165, 1.54) is 11.1 Å². The molecule has 2 heterocycles. The van der Waals surface area contributed by atoms with Crippen LogP contribution in [0.25, 0.3) is 11.0 Å². The third-order valence-electron chi connectivity index (χ3n) is 5.63. The molecular weight excluding hydrogens is 375 g/mol. The van der Waals surface area contributed by atoms with Crippen molar-refractivity contribution < 1.29 is 4.39 Å². The Morgan fingerprint density at radius 3 is 2.54 bits per heavy atom. The van der Waals surface area contributed by atoms with Crippen LogP contribution in [-0.4, -0.2) is 35.7 Å². The number of aromatic nitrogens is 2. The SMILES string of the molecule is CCc1cc(Cn2c(N3CCNCC3)nc3cc(C)c(C)cc32)cc(Cl)c1F. The molecule has 1 N–H and O–H groups in total. The van der Waals surface area contributed by atoms with E-state index >= 15 is 0 Å². The Labute approximate surface area is 170 Å². The van der Waals surface area contributed by atoms with E-state index in [9.17, 15) is 4.39 Å². The lowest BCUT2D eigenvalue weighted by atomic mass is 10.1. The van der Waals surface area contributed by atoms with Crippen LogP contribution in [0.3, 0.4) is 0 Å². The number of rotatable bonds is 4. The van der Waals surface area contributed by atoms with Gasteiger partial charge in [-0.05, 0) is 60.7 Å². The molecule has 0 bridgehead atoms. The zero-order valence-corrected chi connectivity index (χ0v) is 17.4. The van der Waals surface area contributed by atoms with E-state index in [2.05, 4.69) is 40.8 Å². The van der Waals surface area contributed by atoms with Gasteiger partial charge >= 0.3 is 0 Å². The van der Waals surface area contributed by atoms with Crippen molar-refractivity contribution in [3.8, 4) is 0 Å². The summed E-state index contributed by atoms with van der Waals surface area (Å²) in [4.78, 5) is 7.30. The van der Waals surface area contributed by atoms with Crippen LogP contribution in [0.5, 0.6) is 0 Å². The number of hydrogen-bond acceptors (Lipinski definition) is 3. The van der Waals surface area contributed by atoms with Crippen LogP contribution in [0.15, 0.2) is 24.3 Å². The van der Waals surface area contributed by atoms with Crippen LogP contribution in [0.2, 0.25) is 5.02 Å². The molecule has 1 aliphatic heterocycles. The van der Waals surface area contributed by atoms with Crippen molar-refractivity contribution in [1.82, 2.24) is 14.9 Å². The standard InChI is InChI=1S/C22H26ClFN4/c1-4-17-11-16(12-18(23)21(17)24)13-28-20-10-15(3)14(2)9-19(20)26-22(28)27-7-5-25-6-8-27/h9-12,25H,4-8,13H2,1-3H3. The second-order valence-corrected chi connectivity index (χ2v) is 7.97. The maximum Gasteiger partial charge on any atom is 0.206 e. The second kappa shape index (κ2) is 7.72. The van der Waals surface area contributed by atoms with E-state index in [0.717, 1.165) is 48.7 Å². The quantitative estimate of drug-likeness (QED) is 0.701. The zero-order valence-electron chi connectivity index (χ0n) is 16.6. The minimum atomic E-state index is -0.308. The predicted molar refractivity (Wildman–Crippen MR) is 114 cm³/mol. The van der Waals surface area contributed by atoms with Gasteiger partial charge in [-0.25, -0.2) is 9.37 Å². The first-order valence-electron chi connectivity index (χ1n) is 9.88. The maximum absolute atomic E-state index is 14.2. The minimum Gasteiger partial charge on any atom is -0.340 e. The molecule has 4 rings (SSSR count). The molecule has 2 aromatic carbocycles. The van der Waals surface area contributed by atoms with Crippen molar-refractivity contribution in [2.45, 2.75) is 33.7 Å². The molecule has 0 amide bonds. The average molecular weight is 401 g/mol. The Morgan fingerprint density at radius 2 is 1.82 bits per heavy atom. The minimum absolute atomic E-state index is 0.189. The molecule has 0 saturated carbocycles. The number of halogens is 2. The van der Waals surface area contributed by atoms with Crippen molar-refractivity contribution in [1.29, 1.82) is 0 Å². The number of benzene rings is 2. The van der Waals surface area contributed by atoms with Crippen LogP contribution < -0.4 is 10.2 Å². The van der Waals surface area contributed by atoms with Gasteiger partial charge in [-0.2, -0.15) is 0 Å². The summed E-state index contributed by atoms with van der Waals surface area (Å²) in [6, 6.07) is 8.03. The van der Waals surface area contributed by atoms with Crippen LogP contribution >= 0.6 is 11.6 Å². The lowest BCUT2D eigenvalue weighted by Gasteiger charge is -2.29. The predicted octanol–water partition coefficient (Wildman–Crippen LogP) is 4.47. The Morgan fingerprint density at radius 1 is 1.11 bits per heavy atom. The first-order valence-corrected chi connectivity index (χ1v) is 10.3. The van der Waals surface area contributed by atoms with E-state index in [1.807, 2.05) is 13.0 Å². The van der Waals surface area contributed by atoms with E-state index in [-0.39, 0.29) is 10.8 Å². The lowest BCUT2D eigenvalue weighted by molar-refractivity contribution is 0.571. The fourth-order valence-corrected chi connectivity index (χ4v) is 4.13. The van der Waals surface area contributed by atoms with Crippen LogP contribution in [0.4, 0.5) is 10.3 Å². The van der Waals surface area contributed by atoms with Gasteiger partial charge in [0.05, 0.1) is 22.6 Å². The third kappa shape index (κ3) is 3.49. The highest BCUT2D eigenvalue weighted by molar-refractivity contribution is 6.30. The molecule has 1 fully saturated rings. The van der Waals surface area contributed by atoms with Crippen molar-refractivity contribution in [3.05, 3.63) is 57.4 Å². The molecule has 1 aliphatic rings. The summed E-state index contributed by atoms with van der Waals surface area (Å²) < 4.78 is 16.5. The number of anilines is 1. The summed E-state index contributed by atoms with van der Waals surface area (Å²) in [7, 11) is 0. The van der Waals surface area contributed by atoms with E-state index < -0.39 is 0 Å². The number of imidazole rings is 1. The second-order valence-electron chi connectivity index (χ2n) is 7.56. The normalized spacial score (nSPS) is 14.8. The lowest BCUT2D eigenvalue weighted by Crippen LogP contribution is -2.44. The van der Waals surface area contributed by atoms with Crippen LogP contribution in [0, 0.1) is 19.7 Å². The van der Waals surface area contributed by atoms with Gasteiger partial charge in [-0.1, -0.05) is 24.6 Å². The third-order valence-corrected chi connectivity index (χ3v) is 5.90. The monoisotopic (exact) mass is 400 g/mol. The highest BCUT2D eigenvalue weighted by Gasteiger charge is 2.20. The highest BCUT2D eigenvalue weighted by Crippen LogP contribution is 2.29. The molecule has 0 unspecified atom stereocenters. The molecular formula is C22H26ClFN4. The number of fused-ring (bicyclic) bond motifs is 1. The molecule has 148 valence electrons. The molecule has 1 saturated heterocycles. The van der Waals surface area contributed by atoms with E-state index in [0.29, 0.717) is 18.5 Å². The summed E-state index contributed by atoms with van der Waals surface area (Å²) in [6.45, 7) is 10.5. The first kappa shape index (κ1) is 19.2. The Bertz CT molecular complexity index is 1020. The fourth-order valence-electron chi connectivity index (χ4n) is 3.87. The van der Waals surface area contributed by atoms with Crippen molar-refractivity contribution in [2.24, 2.45) is 0 Å². The number of hydrogen-bond donors (Lipinski definition) is 1. The molecule has 1 aromatic heterocycles. The summed E-state index contributed by atoms with van der Waals surface area (Å²) in [5.41, 5.74) is 6.24. The van der Waals surface area contributed by atoms with E-state index in [4.69, 9.17) is 16.6 Å². The van der Waals surface area contributed by atoms with Crippen LogP contribution in [-0.2, 0) is 13.0 Å². The van der Waals surface area contributed by atoms with Gasteiger partial charge < -0.3 is 14.8 Å². The average Bonchev–Trinajstić information content (AvgIpc) is 3.03.